The van der Waals surface area contributed by atoms with Gasteiger partial charge in [0.2, 0.25) is 34.9 Å². The van der Waals surface area contributed by atoms with E-state index in [0.717, 1.165) is 0 Å². The fourth-order valence-corrected chi connectivity index (χ4v) is 1.74. The van der Waals surface area contributed by atoms with Crippen LogP contribution in [0.3, 0.4) is 0 Å². The van der Waals surface area contributed by atoms with E-state index < -0.39 is 0 Å². The Bertz CT molecular complexity index is 808. The standard InChI is InChI=1S/C12H6N12/c1-13-2-17-7(16-1)10-22-11(8-18-3-14-4-19-8)24-12(23-10)9-20-5-15-6-21-9/h1-6H. The third kappa shape index (κ3) is 2.70. The van der Waals surface area contributed by atoms with Gasteiger partial charge in [0.05, 0.1) is 0 Å². The van der Waals surface area contributed by atoms with E-state index in [1.807, 2.05) is 0 Å². The van der Waals surface area contributed by atoms with Gasteiger partial charge in [0.15, 0.2) is 0 Å². The molecule has 4 aromatic heterocycles. The number of rotatable bonds is 3. The van der Waals surface area contributed by atoms with Gasteiger partial charge in [-0.15, -0.1) is 0 Å². The van der Waals surface area contributed by atoms with E-state index in [1.165, 1.54) is 38.0 Å². The summed E-state index contributed by atoms with van der Waals surface area (Å²) < 4.78 is 0. The fraction of sp³-hybridized carbons (Fsp3) is 0. The van der Waals surface area contributed by atoms with E-state index in [-0.39, 0.29) is 34.9 Å². The van der Waals surface area contributed by atoms with Crippen molar-refractivity contribution in [1.29, 1.82) is 0 Å². The van der Waals surface area contributed by atoms with Gasteiger partial charge in [0.1, 0.15) is 38.0 Å². The summed E-state index contributed by atoms with van der Waals surface area (Å²) >= 11 is 0. The maximum atomic E-state index is 4.30. The second kappa shape index (κ2) is 6.04. The number of hydrogen-bond acceptors (Lipinski definition) is 12. The molecule has 12 heteroatoms. The summed E-state index contributed by atoms with van der Waals surface area (Å²) in [5.41, 5.74) is 0. The largest absolute Gasteiger partial charge is 0.225 e. The van der Waals surface area contributed by atoms with Crippen molar-refractivity contribution in [1.82, 2.24) is 59.8 Å². The zero-order valence-electron chi connectivity index (χ0n) is 11.8. The molecule has 0 radical (unpaired) electrons. The van der Waals surface area contributed by atoms with Crippen LogP contribution in [0.1, 0.15) is 0 Å². The van der Waals surface area contributed by atoms with Crippen LogP contribution in [0, 0.1) is 0 Å². The highest BCUT2D eigenvalue weighted by Gasteiger charge is 2.16. The lowest BCUT2D eigenvalue weighted by Crippen LogP contribution is -2.05. The van der Waals surface area contributed by atoms with Crippen LogP contribution < -0.4 is 0 Å². The molecule has 0 spiro atoms. The first-order chi connectivity index (χ1) is 11.9. The molecule has 4 rings (SSSR count). The second-order valence-electron chi connectivity index (χ2n) is 4.19. The van der Waals surface area contributed by atoms with Gasteiger partial charge in [-0.3, -0.25) is 0 Å². The van der Waals surface area contributed by atoms with E-state index >= 15 is 0 Å². The third-order valence-corrected chi connectivity index (χ3v) is 2.72. The van der Waals surface area contributed by atoms with Crippen molar-refractivity contribution in [3.63, 3.8) is 0 Å². The van der Waals surface area contributed by atoms with Gasteiger partial charge >= 0.3 is 0 Å². The van der Waals surface area contributed by atoms with E-state index in [9.17, 15) is 0 Å². The summed E-state index contributed by atoms with van der Waals surface area (Å²) in [6, 6.07) is 0. The Hall–Kier alpha value is -3.96. The molecular weight excluding hydrogens is 312 g/mol. The van der Waals surface area contributed by atoms with Crippen LogP contribution >= 0.6 is 0 Å². The Labute approximate surface area is 133 Å². The van der Waals surface area contributed by atoms with E-state index in [2.05, 4.69) is 59.8 Å². The molecule has 4 heterocycles. The molecule has 24 heavy (non-hydrogen) atoms. The van der Waals surface area contributed by atoms with Crippen molar-refractivity contribution in [2.24, 2.45) is 0 Å². The molecule has 0 saturated heterocycles. The normalized spacial score (nSPS) is 10.5. The molecule has 0 aliphatic rings. The number of nitrogens with zero attached hydrogens (tertiary/aromatic N) is 12. The molecule has 0 aliphatic carbocycles. The molecule has 0 amide bonds. The molecule has 0 saturated carbocycles. The lowest BCUT2D eigenvalue weighted by atomic mass is 10.4. The summed E-state index contributed by atoms with van der Waals surface area (Å²) in [5, 5.41) is 0. The molecule has 0 atom stereocenters. The van der Waals surface area contributed by atoms with Crippen LogP contribution in [-0.4, -0.2) is 59.8 Å². The lowest BCUT2D eigenvalue weighted by Gasteiger charge is -2.04. The van der Waals surface area contributed by atoms with Crippen LogP contribution in [0.5, 0.6) is 0 Å². The zero-order valence-corrected chi connectivity index (χ0v) is 11.8. The molecule has 0 N–H and O–H groups in total. The second-order valence-corrected chi connectivity index (χ2v) is 4.19. The molecule has 4 aromatic rings. The Morgan fingerprint density at radius 2 is 0.583 bits per heavy atom. The van der Waals surface area contributed by atoms with Gasteiger partial charge in [-0.05, 0) is 0 Å². The van der Waals surface area contributed by atoms with Crippen LogP contribution in [0.2, 0.25) is 0 Å². The Balaban J connectivity index is 1.92. The third-order valence-electron chi connectivity index (χ3n) is 2.72. The van der Waals surface area contributed by atoms with Crippen molar-refractivity contribution >= 4 is 0 Å². The van der Waals surface area contributed by atoms with E-state index in [1.54, 1.807) is 0 Å². The van der Waals surface area contributed by atoms with Gasteiger partial charge < -0.3 is 0 Å². The minimum Gasteiger partial charge on any atom is -0.225 e. The Kier molecular flexibility index (Phi) is 3.44. The highest BCUT2D eigenvalue weighted by atomic mass is 15.1. The average molecular weight is 318 g/mol. The molecule has 12 nitrogen and oxygen atoms in total. The van der Waals surface area contributed by atoms with Gasteiger partial charge in [0.25, 0.3) is 0 Å². The molecule has 0 fully saturated rings. The maximum Gasteiger partial charge on any atom is 0.202 e. The SMILES string of the molecule is c1ncnc(-c2nc(-c3ncncn3)nc(-c3ncncn3)n2)n1. The molecule has 0 bridgehead atoms. The van der Waals surface area contributed by atoms with Crippen LogP contribution in [0.25, 0.3) is 34.9 Å². The van der Waals surface area contributed by atoms with Crippen LogP contribution in [0.4, 0.5) is 0 Å². The van der Waals surface area contributed by atoms with Crippen molar-refractivity contribution in [3.8, 4) is 34.9 Å². The van der Waals surface area contributed by atoms with Gasteiger partial charge in [0, 0.05) is 0 Å². The molecule has 0 aromatic carbocycles. The predicted molar refractivity (Wildman–Crippen MR) is 76.3 cm³/mol. The fourth-order valence-electron chi connectivity index (χ4n) is 1.74. The first kappa shape index (κ1) is 13.7. The number of aromatic nitrogens is 12. The van der Waals surface area contributed by atoms with Gasteiger partial charge in [-0.2, -0.15) is 0 Å². The lowest BCUT2D eigenvalue weighted by molar-refractivity contribution is 0.948. The first-order valence-corrected chi connectivity index (χ1v) is 6.53. The monoisotopic (exact) mass is 318 g/mol. The summed E-state index contributed by atoms with van der Waals surface area (Å²) in [7, 11) is 0. The van der Waals surface area contributed by atoms with Crippen molar-refractivity contribution < 1.29 is 0 Å². The van der Waals surface area contributed by atoms with Crippen LogP contribution in [-0.2, 0) is 0 Å². The molecule has 114 valence electrons. The topological polar surface area (TPSA) is 155 Å². The van der Waals surface area contributed by atoms with Crippen molar-refractivity contribution in [2.45, 2.75) is 0 Å². The van der Waals surface area contributed by atoms with Crippen molar-refractivity contribution in [2.75, 3.05) is 0 Å². The minimum absolute atomic E-state index is 0.221. The quantitative estimate of drug-likeness (QED) is 0.474. The van der Waals surface area contributed by atoms with Crippen molar-refractivity contribution in [3.05, 3.63) is 38.0 Å². The van der Waals surface area contributed by atoms with Gasteiger partial charge in [-0.1, -0.05) is 0 Å². The average Bonchev–Trinajstić information content (AvgIpc) is 2.70. The maximum absolute atomic E-state index is 4.30. The van der Waals surface area contributed by atoms with Gasteiger partial charge in [-0.25, -0.2) is 59.8 Å². The summed E-state index contributed by atoms with van der Waals surface area (Å²) in [4.78, 5) is 48.4. The number of hydrogen-bond donors (Lipinski definition) is 0. The smallest absolute Gasteiger partial charge is 0.202 e. The Morgan fingerprint density at radius 3 is 0.833 bits per heavy atom. The van der Waals surface area contributed by atoms with Crippen LogP contribution in [0.15, 0.2) is 38.0 Å². The summed E-state index contributed by atoms with van der Waals surface area (Å²) in [6.07, 6.45) is 8.07. The zero-order chi connectivity index (χ0) is 16.2. The highest BCUT2D eigenvalue weighted by molar-refractivity contribution is 5.55. The molecule has 0 aliphatic heterocycles. The van der Waals surface area contributed by atoms with E-state index in [0.29, 0.717) is 0 Å². The first-order valence-electron chi connectivity index (χ1n) is 6.53. The summed E-state index contributed by atoms with van der Waals surface area (Å²) in [6.45, 7) is 0. The highest BCUT2D eigenvalue weighted by Crippen LogP contribution is 2.17. The Morgan fingerprint density at radius 1 is 0.333 bits per heavy atom. The molecule has 0 unspecified atom stereocenters. The molecular formula is C12H6N12. The summed E-state index contributed by atoms with van der Waals surface area (Å²) in [5.74, 6) is 1.49. The minimum atomic E-state index is 0.221. The van der Waals surface area contributed by atoms with E-state index in [4.69, 9.17) is 0 Å². The predicted octanol–water partition coefficient (Wildman–Crippen LogP) is -0.572.